The molecule has 2 aliphatic heterocycles. The summed E-state index contributed by atoms with van der Waals surface area (Å²) in [5.41, 5.74) is 13.7. The van der Waals surface area contributed by atoms with Crippen molar-refractivity contribution in [2.45, 2.75) is 101 Å². The van der Waals surface area contributed by atoms with Gasteiger partial charge in [0, 0.05) is 33.6 Å². The van der Waals surface area contributed by atoms with E-state index in [2.05, 4.69) is 183 Å². The molecular weight excluding hydrogens is 677 g/mol. The van der Waals surface area contributed by atoms with Gasteiger partial charge in [-0.3, -0.25) is 0 Å². The molecular formula is C54H52N2. The number of rotatable bonds is 4. The molecule has 0 aromatic heterocycles. The summed E-state index contributed by atoms with van der Waals surface area (Å²) in [5.74, 6) is 0. The van der Waals surface area contributed by atoms with Crippen LogP contribution in [-0.4, -0.2) is 11.1 Å². The average Bonchev–Trinajstić information content (AvgIpc) is 3.58. The molecule has 0 bridgehead atoms. The molecule has 0 N–H and O–H groups in total. The summed E-state index contributed by atoms with van der Waals surface area (Å²) in [6.07, 6.45) is 9.95. The van der Waals surface area contributed by atoms with Crippen molar-refractivity contribution in [1.29, 1.82) is 0 Å². The van der Waals surface area contributed by atoms with Crippen molar-refractivity contribution in [2.24, 2.45) is 0 Å². The van der Waals surface area contributed by atoms with Gasteiger partial charge in [0.25, 0.3) is 0 Å². The smallest absolute Gasteiger partial charge is 0.0517 e. The van der Waals surface area contributed by atoms with Crippen LogP contribution in [0.15, 0.2) is 146 Å². The lowest BCUT2D eigenvalue weighted by atomic mass is 9.61. The van der Waals surface area contributed by atoms with E-state index in [0.29, 0.717) is 0 Å². The molecule has 0 radical (unpaired) electrons. The highest BCUT2D eigenvalue weighted by atomic mass is 15.3. The molecule has 2 heterocycles. The van der Waals surface area contributed by atoms with Crippen LogP contribution in [0, 0.1) is 0 Å². The Hall–Kier alpha value is -5.34. The Bertz CT molecular complexity index is 2490. The van der Waals surface area contributed by atoms with Crippen molar-refractivity contribution >= 4 is 44.3 Å². The molecule has 0 amide bonds. The van der Waals surface area contributed by atoms with E-state index in [1.807, 2.05) is 0 Å². The predicted molar refractivity (Wildman–Crippen MR) is 238 cm³/mol. The monoisotopic (exact) mass is 728 g/mol. The third-order valence-electron chi connectivity index (χ3n) is 15.7. The first-order chi connectivity index (χ1) is 27.3. The Labute approximate surface area is 332 Å². The Morgan fingerprint density at radius 1 is 0.375 bits per heavy atom. The number of fused-ring (bicyclic) bond motifs is 8. The first-order valence-corrected chi connectivity index (χ1v) is 21.2. The van der Waals surface area contributed by atoms with Gasteiger partial charge >= 0.3 is 0 Å². The van der Waals surface area contributed by atoms with Gasteiger partial charge in [0.2, 0.25) is 0 Å². The molecule has 56 heavy (non-hydrogen) atoms. The zero-order valence-electron chi connectivity index (χ0n) is 33.4. The maximum absolute atomic E-state index is 2.73. The van der Waals surface area contributed by atoms with Crippen LogP contribution in [-0.2, 0) is 10.8 Å². The van der Waals surface area contributed by atoms with Gasteiger partial charge in [0.05, 0.1) is 11.1 Å². The van der Waals surface area contributed by atoms with Crippen LogP contribution in [0.3, 0.4) is 0 Å². The average molecular weight is 729 g/mol. The summed E-state index contributed by atoms with van der Waals surface area (Å²) < 4.78 is 0. The maximum atomic E-state index is 2.73. The fraction of sp³-hybridized carbons (Fsp3) is 0.296. The molecule has 4 atom stereocenters. The molecule has 2 saturated carbocycles. The second-order valence-corrected chi connectivity index (χ2v) is 18.3. The molecule has 2 fully saturated rings. The second kappa shape index (κ2) is 12.1. The lowest BCUT2D eigenvalue weighted by Gasteiger charge is -2.50. The summed E-state index contributed by atoms with van der Waals surface area (Å²) in [5, 5.41) is 5.25. The van der Waals surface area contributed by atoms with E-state index in [0.717, 1.165) is 0 Å². The number of anilines is 4. The molecule has 0 spiro atoms. The molecule has 7 aromatic rings. The van der Waals surface area contributed by atoms with Crippen LogP contribution >= 0.6 is 0 Å². The van der Waals surface area contributed by atoms with Gasteiger partial charge in [-0.25, -0.2) is 0 Å². The topological polar surface area (TPSA) is 6.48 Å². The minimum Gasteiger partial charge on any atom is -0.334 e. The second-order valence-electron chi connectivity index (χ2n) is 18.3. The van der Waals surface area contributed by atoms with Crippen molar-refractivity contribution in [3.8, 4) is 22.3 Å². The van der Waals surface area contributed by atoms with E-state index >= 15 is 0 Å². The summed E-state index contributed by atoms with van der Waals surface area (Å²) in [6.45, 7) is 10.2. The number of nitrogens with zero attached hydrogens (tertiary/aromatic N) is 2. The molecule has 2 heteroatoms. The summed E-state index contributed by atoms with van der Waals surface area (Å²) in [4.78, 5) is 5.47. The van der Waals surface area contributed by atoms with Gasteiger partial charge in [-0.15, -0.1) is 0 Å². The maximum Gasteiger partial charge on any atom is 0.0517 e. The molecule has 0 saturated heterocycles. The highest BCUT2D eigenvalue weighted by Crippen LogP contribution is 2.63. The highest BCUT2D eigenvalue weighted by Gasteiger charge is 2.58. The summed E-state index contributed by atoms with van der Waals surface area (Å²) in [7, 11) is 0. The van der Waals surface area contributed by atoms with Crippen LogP contribution in [0.5, 0.6) is 0 Å². The van der Waals surface area contributed by atoms with E-state index in [1.54, 1.807) is 0 Å². The normalized spacial score (nSPS) is 26.6. The summed E-state index contributed by atoms with van der Waals surface area (Å²) >= 11 is 0. The molecule has 278 valence electrons. The minimum absolute atomic E-state index is 0.000713. The first kappa shape index (κ1) is 34.0. The third-order valence-corrected chi connectivity index (χ3v) is 15.7. The number of hydrogen-bond donors (Lipinski definition) is 0. The molecule has 4 aliphatic rings. The lowest BCUT2D eigenvalue weighted by molar-refractivity contribution is 0.195. The van der Waals surface area contributed by atoms with E-state index in [9.17, 15) is 0 Å². The van der Waals surface area contributed by atoms with E-state index < -0.39 is 0 Å². The van der Waals surface area contributed by atoms with Gasteiger partial charge < -0.3 is 9.80 Å². The van der Waals surface area contributed by atoms with Crippen LogP contribution in [0.4, 0.5) is 22.7 Å². The summed E-state index contributed by atoms with van der Waals surface area (Å²) in [6, 6.07) is 55.8. The Morgan fingerprint density at radius 2 is 0.750 bits per heavy atom. The van der Waals surface area contributed by atoms with E-state index in [-0.39, 0.29) is 21.9 Å². The molecule has 7 aromatic carbocycles. The number of para-hydroxylation sites is 2. The van der Waals surface area contributed by atoms with Crippen molar-refractivity contribution in [3.63, 3.8) is 0 Å². The van der Waals surface area contributed by atoms with Crippen LogP contribution in [0.2, 0.25) is 0 Å². The number of hydrogen-bond acceptors (Lipinski definition) is 2. The van der Waals surface area contributed by atoms with Crippen LogP contribution in [0.1, 0.15) is 90.2 Å². The fourth-order valence-electron chi connectivity index (χ4n) is 12.5. The largest absolute Gasteiger partial charge is 0.334 e. The minimum atomic E-state index is -0.000713. The predicted octanol–water partition coefficient (Wildman–Crippen LogP) is 14.8. The Balaban J connectivity index is 1.21. The quantitative estimate of drug-likeness (QED) is 0.167. The van der Waals surface area contributed by atoms with Crippen LogP contribution < -0.4 is 9.80 Å². The van der Waals surface area contributed by atoms with Crippen molar-refractivity contribution in [1.82, 2.24) is 0 Å². The lowest BCUT2D eigenvalue weighted by Crippen LogP contribution is -2.54. The standard InChI is InChI=1S/C54H52N2/c1-51-31-15-17-33-53(51,3)55(47-25-13-11-23-45(47)51)39-27-29-41-43(35-39)49(37-19-7-5-8-20-37)42-30-28-40(36-44(42)50(41)38-21-9-6-10-22-38)56-48-26-14-12-24-46(48)52(2)32-16-18-34-54(52,56)4/h5-14,19-30,35-36H,15-18,31-34H2,1-4H3. The first-order valence-electron chi connectivity index (χ1n) is 21.2. The van der Waals surface area contributed by atoms with Gasteiger partial charge in [-0.1, -0.05) is 149 Å². The molecule has 2 aliphatic carbocycles. The SMILES string of the molecule is CC12CCCCC1(C)N(c1ccc3c(-c4ccccc4)c4cc(N5c6ccccc6C6(C)CCCCC56C)ccc4c(-c4ccccc4)c3c1)c1ccccc12. The highest BCUT2D eigenvalue weighted by molar-refractivity contribution is 6.22. The Kier molecular flexibility index (Phi) is 7.32. The van der Waals surface area contributed by atoms with E-state index in [4.69, 9.17) is 0 Å². The van der Waals surface area contributed by atoms with Gasteiger partial charge in [-0.2, -0.15) is 0 Å². The molecule has 11 rings (SSSR count). The zero-order chi connectivity index (χ0) is 37.9. The van der Waals surface area contributed by atoms with Crippen molar-refractivity contribution in [2.75, 3.05) is 9.80 Å². The van der Waals surface area contributed by atoms with Gasteiger partial charge in [-0.05, 0) is 131 Å². The van der Waals surface area contributed by atoms with Gasteiger partial charge in [0.1, 0.15) is 0 Å². The van der Waals surface area contributed by atoms with Gasteiger partial charge in [0.15, 0.2) is 0 Å². The Morgan fingerprint density at radius 3 is 1.18 bits per heavy atom. The third kappa shape index (κ3) is 4.39. The number of benzene rings is 7. The zero-order valence-corrected chi connectivity index (χ0v) is 33.4. The van der Waals surface area contributed by atoms with Crippen LogP contribution in [0.25, 0.3) is 43.8 Å². The fourth-order valence-corrected chi connectivity index (χ4v) is 12.5. The van der Waals surface area contributed by atoms with E-state index in [1.165, 1.54) is 129 Å². The van der Waals surface area contributed by atoms with Crippen molar-refractivity contribution in [3.05, 3.63) is 157 Å². The molecule has 2 nitrogen and oxygen atoms in total. The van der Waals surface area contributed by atoms with Crippen molar-refractivity contribution < 1.29 is 0 Å². The molecule has 4 unspecified atom stereocenters.